The molecule has 1 aromatic heterocycles. The van der Waals surface area contributed by atoms with Gasteiger partial charge in [0, 0.05) is 51.4 Å². The van der Waals surface area contributed by atoms with E-state index in [0.717, 1.165) is 50.0 Å². The van der Waals surface area contributed by atoms with Crippen molar-refractivity contribution in [2.24, 2.45) is 5.14 Å². The highest BCUT2D eigenvalue weighted by molar-refractivity contribution is 7.89. The predicted octanol–water partition coefficient (Wildman–Crippen LogP) is 1.71. The van der Waals surface area contributed by atoms with Gasteiger partial charge < -0.3 is 20.7 Å². The molecule has 4 rings (SSSR count). The number of methoxy groups -OCH3 is 1. The van der Waals surface area contributed by atoms with E-state index in [4.69, 9.17) is 27.2 Å². The van der Waals surface area contributed by atoms with Crippen molar-refractivity contribution in [2.75, 3.05) is 62.8 Å². The Morgan fingerprint density at radius 1 is 1.14 bits per heavy atom. The Labute approximate surface area is 264 Å². The van der Waals surface area contributed by atoms with Crippen molar-refractivity contribution in [3.8, 4) is 0 Å². The van der Waals surface area contributed by atoms with Crippen LogP contribution in [-0.2, 0) is 19.6 Å². The van der Waals surface area contributed by atoms with Crippen LogP contribution < -0.4 is 21.1 Å². The Kier molecular flexibility index (Phi) is 11.4. The highest BCUT2D eigenvalue weighted by Crippen LogP contribution is 2.32. The number of ether oxygens (including phenoxy) is 1. The molecule has 2 aliphatic rings. The number of nitrogen functional groups attached to an aromatic ring is 1. The van der Waals surface area contributed by atoms with Gasteiger partial charge in [-0.25, -0.2) is 28.3 Å². The molecule has 0 aliphatic carbocycles. The number of aryl methyl sites for hydroxylation is 1. The molecule has 1 aromatic carbocycles. The summed E-state index contributed by atoms with van der Waals surface area (Å²) < 4.78 is 27.4. The molecule has 2 fully saturated rings. The average molecular weight is 651 g/mol. The predicted molar refractivity (Wildman–Crippen MR) is 170 cm³/mol. The fraction of sp³-hybridized carbons (Fsp3) is 0.586. The van der Waals surface area contributed by atoms with Crippen LogP contribution in [0.2, 0.25) is 5.15 Å². The highest BCUT2D eigenvalue weighted by Gasteiger charge is 2.37. The second-order valence-electron chi connectivity index (χ2n) is 11.4. The van der Waals surface area contributed by atoms with Crippen molar-refractivity contribution >= 4 is 45.1 Å². The first-order valence-corrected chi connectivity index (χ1v) is 17.0. The Morgan fingerprint density at radius 2 is 1.82 bits per heavy atom. The summed E-state index contributed by atoms with van der Waals surface area (Å²) in [4.78, 5) is 40.9. The quantitative estimate of drug-likeness (QED) is 0.238. The Hall–Kier alpha value is -3.04. The van der Waals surface area contributed by atoms with Gasteiger partial charge in [-0.05, 0) is 38.2 Å². The summed E-state index contributed by atoms with van der Waals surface area (Å²) in [6, 6.07) is 8.27. The number of carbonyl (C=O) groups excluding carboxylic acids is 2. The number of piperidine rings is 1. The van der Waals surface area contributed by atoms with Crippen LogP contribution >= 0.6 is 11.6 Å². The molecule has 2 atom stereocenters. The number of carbonyl (C=O) groups is 2. The van der Waals surface area contributed by atoms with Crippen LogP contribution in [-0.4, -0.2) is 104 Å². The number of anilines is 2. The molecule has 1 unspecified atom stereocenters. The number of nitrogens with zero attached hydrogens (tertiary/aromatic N) is 5. The number of likely N-dealkylation sites (tertiary alicyclic amines) is 1. The third-order valence-corrected chi connectivity index (χ3v) is 9.53. The minimum absolute atomic E-state index is 0.0510. The van der Waals surface area contributed by atoms with Crippen LogP contribution in [0.5, 0.6) is 0 Å². The summed E-state index contributed by atoms with van der Waals surface area (Å²) in [6.07, 6.45) is 2.95. The van der Waals surface area contributed by atoms with Gasteiger partial charge in [0.1, 0.15) is 6.04 Å². The number of piperazine rings is 1. The molecule has 5 N–H and O–H groups in total. The molecule has 0 saturated carbocycles. The molecule has 2 saturated heterocycles. The van der Waals surface area contributed by atoms with Gasteiger partial charge in [0.2, 0.25) is 10.0 Å². The number of esters is 1. The van der Waals surface area contributed by atoms with Gasteiger partial charge in [-0.3, -0.25) is 14.6 Å². The second kappa shape index (κ2) is 14.8. The lowest BCUT2D eigenvalue weighted by molar-refractivity contribution is -0.148. The molecule has 242 valence electrons. The molecule has 0 bridgehead atoms. The van der Waals surface area contributed by atoms with Crippen LogP contribution in [0.15, 0.2) is 24.3 Å². The lowest BCUT2D eigenvalue weighted by atomic mass is 9.95. The summed E-state index contributed by atoms with van der Waals surface area (Å²) in [5, 5.41) is 7.65. The van der Waals surface area contributed by atoms with Gasteiger partial charge in [0.15, 0.2) is 22.5 Å². The first-order valence-electron chi connectivity index (χ1n) is 14.9. The van der Waals surface area contributed by atoms with E-state index < -0.39 is 22.0 Å². The van der Waals surface area contributed by atoms with Crippen molar-refractivity contribution in [3.05, 3.63) is 46.2 Å². The fourth-order valence-corrected chi connectivity index (χ4v) is 6.88. The maximum atomic E-state index is 12.8. The van der Waals surface area contributed by atoms with Gasteiger partial charge in [-0.2, -0.15) is 0 Å². The standard InChI is InChI=1S/C29H43ClN8O5S/c1-4-21-18-37(27-25(30)34-23(26(31)35-27)28(39)33-12-5-17-44(32,41)42)15-16-38(21)22-10-13-36(14-11-22)24(29(40)43-3)20-8-6-19(2)7-9-20/h6-9,21-22,24H,4-5,10-18H2,1-3H3,(H2,31,35)(H,33,39)(H2,32,41,42)/t21-,24?/m0/s1. The van der Waals surface area contributed by atoms with Crippen LogP contribution in [0.4, 0.5) is 11.6 Å². The number of rotatable bonds is 11. The van der Waals surface area contributed by atoms with Crippen LogP contribution in [0.3, 0.4) is 0 Å². The third-order valence-electron chi connectivity index (χ3n) is 8.42. The van der Waals surface area contributed by atoms with Crippen molar-refractivity contribution in [2.45, 2.75) is 57.7 Å². The van der Waals surface area contributed by atoms with Crippen LogP contribution in [0.25, 0.3) is 0 Å². The topological polar surface area (TPSA) is 177 Å². The Balaban J connectivity index is 1.37. The van der Waals surface area contributed by atoms with E-state index in [-0.39, 0.29) is 47.4 Å². The first-order chi connectivity index (χ1) is 20.9. The zero-order valence-electron chi connectivity index (χ0n) is 25.5. The van der Waals surface area contributed by atoms with E-state index in [1.54, 1.807) is 0 Å². The van der Waals surface area contributed by atoms with E-state index in [2.05, 4.69) is 36.9 Å². The molecule has 13 nitrogen and oxygen atoms in total. The van der Waals surface area contributed by atoms with E-state index in [1.807, 2.05) is 31.2 Å². The number of aromatic nitrogens is 2. The van der Waals surface area contributed by atoms with Crippen LogP contribution in [0.1, 0.15) is 60.3 Å². The first kappa shape index (κ1) is 33.8. The molecular weight excluding hydrogens is 608 g/mol. The normalized spacial score (nSPS) is 19.5. The van der Waals surface area contributed by atoms with E-state index in [9.17, 15) is 18.0 Å². The number of nitrogens with one attached hydrogen (secondary N) is 1. The third kappa shape index (κ3) is 8.36. The minimum Gasteiger partial charge on any atom is -0.468 e. The van der Waals surface area contributed by atoms with Crippen molar-refractivity contribution < 1.29 is 22.7 Å². The number of halogens is 1. The summed E-state index contributed by atoms with van der Waals surface area (Å²) in [7, 11) is -2.17. The maximum absolute atomic E-state index is 12.8. The molecule has 0 spiro atoms. The summed E-state index contributed by atoms with van der Waals surface area (Å²) in [6.45, 7) is 7.99. The molecular formula is C29H43ClN8O5S. The lowest BCUT2D eigenvalue weighted by Crippen LogP contribution is -2.59. The number of amides is 1. The molecule has 0 radical (unpaired) electrons. The van der Waals surface area contributed by atoms with Crippen molar-refractivity contribution in [1.82, 2.24) is 25.1 Å². The zero-order valence-corrected chi connectivity index (χ0v) is 27.1. The van der Waals surface area contributed by atoms with Crippen LogP contribution in [0, 0.1) is 6.92 Å². The number of primary sulfonamides is 1. The monoisotopic (exact) mass is 650 g/mol. The molecule has 15 heteroatoms. The summed E-state index contributed by atoms with van der Waals surface area (Å²) in [5.41, 5.74) is 8.10. The lowest BCUT2D eigenvalue weighted by Gasteiger charge is -2.48. The average Bonchev–Trinajstić information content (AvgIpc) is 3.00. The number of hydrogen-bond acceptors (Lipinski definition) is 11. The largest absolute Gasteiger partial charge is 0.468 e. The van der Waals surface area contributed by atoms with E-state index in [1.165, 1.54) is 7.11 Å². The van der Waals surface area contributed by atoms with Gasteiger partial charge in [0.05, 0.1) is 12.9 Å². The summed E-state index contributed by atoms with van der Waals surface area (Å²) >= 11 is 6.51. The molecule has 2 aliphatic heterocycles. The van der Waals surface area contributed by atoms with Gasteiger partial charge in [0.25, 0.3) is 5.91 Å². The number of hydrogen-bond donors (Lipinski definition) is 3. The summed E-state index contributed by atoms with van der Waals surface area (Å²) in [5.74, 6) is -0.696. The van der Waals surface area contributed by atoms with Gasteiger partial charge >= 0.3 is 5.97 Å². The zero-order chi connectivity index (χ0) is 32.0. The van der Waals surface area contributed by atoms with Crippen molar-refractivity contribution in [3.63, 3.8) is 0 Å². The number of nitrogens with two attached hydrogens (primary N) is 2. The fourth-order valence-electron chi connectivity index (χ4n) is 6.08. The van der Waals surface area contributed by atoms with Gasteiger partial charge in [-0.1, -0.05) is 48.4 Å². The minimum atomic E-state index is -3.61. The Morgan fingerprint density at radius 3 is 2.43 bits per heavy atom. The second-order valence-corrected chi connectivity index (χ2v) is 13.5. The van der Waals surface area contributed by atoms with Crippen molar-refractivity contribution in [1.29, 1.82) is 0 Å². The van der Waals surface area contributed by atoms with E-state index >= 15 is 0 Å². The smallest absolute Gasteiger partial charge is 0.327 e. The van der Waals surface area contributed by atoms with E-state index in [0.29, 0.717) is 24.9 Å². The molecule has 44 heavy (non-hydrogen) atoms. The molecule has 3 heterocycles. The molecule has 2 aromatic rings. The SMILES string of the molecule is CC[C@H]1CN(c2nc(N)c(C(=O)NCCCS(N)(=O)=O)nc2Cl)CCN1C1CCN(C(C(=O)OC)c2ccc(C)cc2)CC1. The van der Waals surface area contributed by atoms with Gasteiger partial charge in [-0.15, -0.1) is 0 Å². The highest BCUT2D eigenvalue weighted by atomic mass is 35.5. The Bertz CT molecular complexity index is 1420. The maximum Gasteiger partial charge on any atom is 0.327 e. The number of benzene rings is 1. The molecule has 1 amide bonds. The number of sulfonamides is 1.